The normalized spacial score (nSPS) is 14.3. The molecule has 1 unspecified atom stereocenters. The van der Waals surface area contributed by atoms with Crippen LogP contribution < -0.4 is 10.6 Å². The van der Waals surface area contributed by atoms with Gasteiger partial charge in [0.15, 0.2) is 11.6 Å². The molecule has 1 atom stereocenters. The molecule has 0 aromatic heterocycles. The number of hydrogen-bond donors (Lipinski definition) is 3. The molecule has 14 heteroatoms. The summed E-state index contributed by atoms with van der Waals surface area (Å²) in [6.45, 7) is 10.5. The molecule has 0 saturated carbocycles. The first kappa shape index (κ1) is 40.8. The number of aliphatic carboxylic acids is 1. The van der Waals surface area contributed by atoms with Gasteiger partial charge in [0.1, 0.15) is 0 Å². The fourth-order valence-electron chi connectivity index (χ4n) is 3.92. The van der Waals surface area contributed by atoms with Crippen molar-refractivity contribution in [2.24, 2.45) is 5.92 Å². The number of imide groups is 1. The summed E-state index contributed by atoms with van der Waals surface area (Å²) >= 11 is 0. The molecule has 0 bridgehead atoms. The maximum absolute atomic E-state index is 12.1. The van der Waals surface area contributed by atoms with Crippen molar-refractivity contribution in [3.8, 4) is 0 Å². The smallest absolute Gasteiger partial charge is 0.305 e. The van der Waals surface area contributed by atoms with Gasteiger partial charge in [-0.05, 0) is 19.4 Å². The summed E-state index contributed by atoms with van der Waals surface area (Å²) in [6, 6.07) is 5.24. The van der Waals surface area contributed by atoms with Crippen LogP contribution in [-0.2, 0) is 42.8 Å². The molecule has 1 saturated heterocycles. The van der Waals surface area contributed by atoms with Gasteiger partial charge in [0.25, 0.3) is 0 Å². The highest BCUT2D eigenvalue weighted by atomic mass is 16.6. The Balaban J connectivity index is 0.00000100. The summed E-state index contributed by atoms with van der Waals surface area (Å²) in [4.78, 5) is 55.6. The molecule has 2 amide bonds. The standard InChI is InChI=1S/C26H41NO10.C6H9NO2/c1-3-24(29)22-5-4-6-23(26(22)21(2)28)27-8-10-33-12-14-35-16-18-37-20-19-36-17-15-34-13-11-32-9-7-25(30)31;1-4-2-3-5(8)7-6(4)9/h4-6,27H,3,7-20H2,1-2H3,(H,30,31);4H,2-3H2,1H3,(H,7,8,9). The number of hydrogen-bond acceptors (Lipinski definition) is 12. The highest BCUT2D eigenvalue weighted by molar-refractivity contribution is 6.11. The van der Waals surface area contributed by atoms with E-state index >= 15 is 0 Å². The number of amides is 2. The highest BCUT2D eigenvalue weighted by Gasteiger charge is 2.21. The molecule has 260 valence electrons. The Bertz CT molecular complexity index is 1070. The van der Waals surface area contributed by atoms with Crippen molar-refractivity contribution in [1.29, 1.82) is 0 Å². The molecule has 46 heavy (non-hydrogen) atoms. The number of carboxylic acid groups (broad SMARTS) is 1. The summed E-state index contributed by atoms with van der Waals surface area (Å²) < 4.78 is 32.2. The fourth-order valence-corrected chi connectivity index (χ4v) is 3.92. The van der Waals surface area contributed by atoms with Gasteiger partial charge >= 0.3 is 5.97 Å². The van der Waals surface area contributed by atoms with E-state index in [1.807, 2.05) is 6.92 Å². The molecule has 3 N–H and O–H groups in total. The fraction of sp³-hybridized carbons (Fsp3) is 0.656. The van der Waals surface area contributed by atoms with Crippen LogP contribution in [0, 0.1) is 5.92 Å². The average Bonchev–Trinajstić information content (AvgIpc) is 3.03. The van der Waals surface area contributed by atoms with Crippen molar-refractivity contribution < 1.29 is 57.5 Å². The van der Waals surface area contributed by atoms with E-state index in [9.17, 15) is 24.0 Å². The lowest BCUT2D eigenvalue weighted by atomic mass is 9.97. The first-order chi connectivity index (χ1) is 22.2. The van der Waals surface area contributed by atoms with Crippen LogP contribution >= 0.6 is 0 Å². The van der Waals surface area contributed by atoms with E-state index in [0.29, 0.717) is 115 Å². The number of carbonyl (C=O) groups is 5. The molecule has 1 aromatic rings. The van der Waals surface area contributed by atoms with E-state index in [2.05, 4.69) is 10.6 Å². The SMILES string of the molecule is CC1CCC(=O)NC1=O.CCC(=O)c1cccc(NCCOCCOCCOCCOCCOCCOCCC(=O)O)c1C(C)=O. The van der Waals surface area contributed by atoms with Gasteiger partial charge in [-0.15, -0.1) is 0 Å². The summed E-state index contributed by atoms with van der Waals surface area (Å²) in [5.74, 6) is -1.34. The lowest BCUT2D eigenvalue weighted by Crippen LogP contribution is -2.39. The van der Waals surface area contributed by atoms with Crippen molar-refractivity contribution in [3.63, 3.8) is 0 Å². The Labute approximate surface area is 270 Å². The van der Waals surface area contributed by atoms with Crippen LogP contribution in [0.1, 0.15) is 67.2 Å². The number of piperidine rings is 1. The van der Waals surface area contributed by atoms with Crippen LogP contribution in [0.5, 0.6) is 0 Å². The number of benzene rings is 1. The van der Waals surface area contributed by atoms with E-state index in [1.54, 1.807) is 25.1 Å². The van der Waals surface area contributed by atoms with Gasteiger partial charge in [-0.2, -0.15) is 0 Å². The van der Waals surface area contributed by atoms with Gasteiger partial charge in [-0.25, -0.2) is 0 Å². The molecule has 14 nitrogen and oxygen atoms in total. The van der Waals surface area contributed by atoms with Crippen LogP contribution in [-0.4, -0.2) is 120 Å². The van der Waals surface area contributed by atoms with E-state index in [1.165, 1.54) is 6.92 Å². The largest absolute Gasteiger partial charge is 0.481 e. The first-order valence-electron chi connectivity index (χ1n) is 15.6. The number of ether oxygens (including phenoxy) is 6. The van der Waals surface area contributed by atoms with Crippen LogP contribution in [0.2, 0.25) is 0 Å². The van der Waals surface area contributed by atoms with Crippen molar-refractivity contribution in [2.45, 2.75) is 46.5 Å². The minimum absolute atomic E-state index is 0.00901. The van der Waals surface area contributed by atoms with E-state index in [4.69, 9.17) is 33.5 Å². The quantitative estimate of drug-likeness (QED) is 0.0794. The van der Waals surface area contributed by atoms with Gasteiger partial charge in [0.05, 0.1) is 91.3 Å². The molecular formula is C32H50N2O12. The minimum Gasteiger partial charge on any atom is -0.481 e. The highest BCUT2D eigenvalue weighted by Crippen LogP contribution is 2.22. The summed E-state index contributed by atoms with van der Waals surface area (Å²) in [7, 11) is 0. The molecule has 1 aliphatic rings. The maximum atomic E-state index is 12.1. The second kappa shape index (κ2) is 25.9. The summed E-state index contributed by atoms with van der Waals surface area (Å²) in [5.41, 5.74) is 1.51. The Hall–Kier alpha value is -3.27. The molecule has 1 aromatic carbocycles. The van der Waals surface area contributed by atoms with Crippen LogP contribution in [0.15, 0.2) is 18.2 Å². The average molecular weight is 655 g/mol. The predicted molar refractivity (Wildman–Crippen MR) is 168 cm³/mol. The Morgan fingerprint density at radius 1 is 0.826 bits per heavy atom. The third kappa shape index (κ3) is 19.3. The van der Waals surface area contributed by atoms with Crippen molar-refractivity contribution in [3.05, 3.63) is 29.3 Å². The molecule has 1 fully saturated rings. The molecule has 1 aliphatic heterocycles. The van der Waals surface area contributed by atoms with E-state index in [-0.39, 0.29) is 42.3 Å². The molecule has 0 radical (unpaired) electrons. The zero-order valence-corrected chi connectivity index (χ0v) is 27.3. The number of ketones is 2. The van der Waals surface area contributed by atoms with Crippen molar-refractivity contribution in [1.82, 2.24) is 5.32 Å². The third-order valence-corrected chi connectivity index (χ3v) is 6.43. The number of Topliss-reactive ketones (excluding diaryl/α,β-unsaturated/α-hetero) is 2. The molecular weight excluding hydrogens is 604 g/mol. The summed E-state index contributed by atoms with van der Waals surface area (Å²) in [5, 5.41) is 13.9. The van der Waals surface area contributed by atoms with Gasteiger partial charge in [0.2, 0.25) is 11.8 Å². The Kier molecular flexibility index (Phi) is 22.9. The number of nitrogens with one attached hydrogen (secondary N) is 2. The monoisotopic (exact) mass is 654 g/mol. The second-order valence-electron chi connectivity index (χ2n) is 10.2. The second-order valence-corrected chi connectivity index (χ2v) is 10.2. The van der Waals surface area contributed by atoms with Gasteiger partial charge < -0.3 is 38.8 Å². The van der Waals surface area contributed by atoms with Gasteiger partial charge in [-0.1, -0.05) is 26.0 Å². The molecule has 0 aliphatic carbocycles. The molecule has 2 rings (SSSR count). The Morgan fingerprint density at radius 2 is 1.33 bits per heavy atom. The zero-order valence-electron chi connectivity index (χ0n) is 27.3. The molecule has 1 heterocycles. The molecule has 0 spiro atoms. The number of anilines is 1. The number of rotatable bonds is 25. The van der Waals surface area contributed by atoms with Gasteiger partial charge in [-0.3, -0.25) is 29.3 Å². The van der Waals surface area contributed by atoms with Crippen LogP contribution in [0.25, 0.3) is 0 Å². The lowest BCUT2D eigenvalue weighted by molar-refractivity contribution is -0.138. The Morgan fingerprint density at radius 3 is 1.76 bits per heavy atom. The van der Waals surface area contributed by atoms with Crippen molar-refractivity contribution >= 4 is 35.0 Å². The van der Waals surface area contributed by atoms with Crippen LogP contribution in [0.3, 0.4) is 0 Å². The number of carboxylic acids is 1. The van der Waals surface area contributed by atoms with E-state index < -0.39 is 5.97 Å². The van der Waals surface area contributed by atoms with Gasteiger partial charge in [0, 0.05) is 36.6 Å². The predicted octanol–water partition coefficient (Wildman–Crippen LogP) is 2.53. The maximum Gasteiger partial charge on any atom is 0.305 e. The first-order valence-corrected chi connectivity index (χ1v) is 15.6. The van der Waals surface area contributed by atoms with Crippen LogP contribution in [0.4, 0.5) is 5.69 Å². The van der Waals surface area contributed by atoms with Crippen molar-refractivity contribution in [2.75, 3.05) is 91.1 Å². The van der Waals surface area contributed by atoms with E-state index in [0.717, 1.165) is 0 Å². The lowest BCUT2D eigenvalue weighted by Gasteiger charge is -2.15. The summed E-state index contributed by atoms with van der Waals surface area (Å²) in [6.07, 6.45) is 1.53. The minimum atomic E-state index is -0.880. The topological polar surface area (TPSA) is 185 Å². The number of carbonyl (C=O) groups excluding carboxylic acids is 4. The third-order valence-electron chi connectivity index (χ3n) is 6.43. The zero-order chi connectivity index (χ0) is 34.0.